The minimum absolute atomic E-state index is 0.211. The Balaban J connectivity index is 3.59. The van der Waals surface area contributed by atoms with Gasteiger partial charge >= 0.3 is 8.56 Å². The van der Waals surface area contributed by atoms with Crippen LogP contribution >= 0.6 is 0 Å². The first-order valence-electron chi connectivity index (χ1n) is 5.84. The van der Waals surface area contributed by atoms with Gasteiger partial charge < -0.3 is 25.6 Å². The van der Waals surface area contributed by atoms with Gasteiger partial charge in [-0.15, -0.1) is 0 Å². The molecule has 0 aromatic heterocycles. The lowest BCUT2D eigenvalue weighted by Crippen LogP contribution is -2.38. The summed E-state index contributed by atoms with van der Waals surface area (Å²) in [4.78, 5) is 0. The molecule has 16 heavy (non-hydrogen) atoms. The van der Waals surface area contributed by atoms with Crippen molar-refractivity contribution < 1.29 is 8.85 Å². The minimum Gasteiger partial charge on any atom is -0.398 e. The topological polar surface area (TPSA) is 82.5 Å². The monoisotopic (exact) mass is 249 g/mol. The molecule has 0 heterocycles. The van der Waals surface area contributed by atoms with Crippen LogP contribution in [-0.4, -0.2) is 48.5 Å². The Morgan fingerprint density at radius 3 is 2.31 bits per heavy atom. The fraction of sp³-hybridized carbons (Fsp3) is 1.00. The van der Waals surface area contributed by atoms with E-state index in [0.717, 1.165) is 32.0 Å². The third-order valence-electron chi connectivity index (χ3n) is 2.85. The van der Waals surface area contributed by atoms with Gasteiger partial charge in [-0.25, -0.2) is 0 Å². The Kier molecular flexibility index (Phi) is 9.10. The van der Waals surface area contributed by atoms with E-state index >= 15 is 0 Å². The van der Waals surface area contributed by atoms with Crippen LogP contribution in [0.2, 0.25) is 12.6 Å². The molecule has 1 atom stereocenters. The van der Waals surface area contributed by atoms with Gasteiger partial charge in [0.05, 0.1) is 0 Å². The summed E-state index contributed by atoms with van der Waals surface area (Å²) in [6.07, 6.45) is 1.92. The summed E-state index contributed by atoms with van der Waals surface area (Å²) in [5.74, 6) is 0. The molecule has 0 saturated carbocycles. The molecule has 98 valence electrons. The van der Waals surface area contributed by atoms with Gasteiger partial charge in [-0.1, -0.05) is 0 Å². The number of hydrogen-bond acceptors (Lipinski definition) is 5. The highest BCUT2D eigenvalue weighted by atomic mass is 28.4. The maximum Gasteiger partial charge on any atom is 0.334 e. The fourth-order valence-corrected chi connectivity index (χ4v) is 2.86. The van der Waals surface area contributed by atoms with Gasteiger partial charge in [-0.05, 0) is 32.0 Å². The van der Waals surface area contributed by atoms with Crippen LogP contribution in [0.4, 0.5) is 0 Å². The molecule has 0 amide bonds. The summed E-state index contributed by atoms with van der Waals surface area (Å²) in [6.45, 7) is 4.52. The van der Waals surface area contributed by atoms with Crippen LogP contribution < -0.4 is 16.8 Å². The molecule has 5 N–H and O–H groups in total. The zero-order valence-electron chi connectivity index (χ0n) is 10.8. The van der Waals surface area contributed by atoms with Crippen molar-refractivity contribution in [2.75, 3.05) is 33.9 Å². The van der Waals surface area contributed by atoms with Gasteiger partial charge in [0.25, 0.3) is 0 Å². The van der Waals surface area contributed by atoms with Crippen LogP contribution in [0.5, 0.6) is 0 Å². The molecule has 0 saturated heterocycles. The van der Waals surface area contributed by atoms with Gasteiger partial charge in [-0.2, -0.15) is 0 Å². The molecule has 0 aliphatic heterocycles. The first-order chi connectivity index (χ1) is 7.58. The Bertz CT molecular complexity index is 168. The summed E-state index contributed by atoms with van der Waals surface area (Å²) >= 11 is 0. The average Bonchev–Trinajstić information content (AvgIpc) is 2.31. The minimum atomic E-state index is -1.93. The second-order valence-corrected chi connectivity index (χ2v) is 7.75. The zero-order chi connectivity index (χ0) is 12.4. The van der Waals surface area contributed by atoms with Crippen molar-refractivity contribution in [2.24, 2.45) is 11.5 Å². The second kappa shape index (κ2) is 9.09. The maximum absolute atomic E-state index is 6.01. The molecule has 0 bridgehead atoms. The molecule has 0 fully saturated rings. The fourth-order valence-electron chi connectivity index (χ4n) is 1.39. The summed E-state index contributed by atoms with van der Waals surface area (Å²) < 4.78 is 10.8. The van der Waals surface area contributed by atoms with Crippen LogP contribution in [0, 0.1) is 0 Å². The van der Waals surface area contributed by atoms with Crippen molar-refractivity contribution in [3.63, 3.8) is 0 Å². The lowest BCUT2D eigenvalue weighted by atomic mass is 10.2. The van der Waals surface area contributed by atoms with E-state index in [1.54, 1.807) is 14.2 Å². The van der Waals surface area contributed by atoms with Crippen LogP contribution in [0.1, 0.15) is 12.8 Å². The lowest BCUT2D eigenvalue weighted by Gasteiger charge is -2.24. The second-order valence-electron chi connectivity index (χ2n) is 4.17. The number of rotatable bonds is 10. The maximum atomic E-state index is 6.01. The lowest BCUT2D eigenvalue weighted by molar-refractivity contribution is 0.247. The Morgan fingerprint density at radius 2 is 1.81 bits per heavy atom. The molecule has 0 aromatic carbocycles. The number of nitrogens with one attached hydrogen (secondary N) is 1. The predicted octanol–water partition coefficient (Wildman–Crippen LogP) is 0.00700. The van der Waals surface area contributed by atoms with Crippen molar-refractivity contribution in [2.45, 2.75) is 31.5 Å². The highest BCUT2D eigenvalue weighted by Gasteiger charge is 2.28. The van der Waals surface area contributed by atoms with E-state index in [4.69, 9.17) is 20.3 Å². The molecule has 0 rings (SSSR count). The van der Waals surface area contributed by atoms with Crippen LogP contribution in [0.3, 0.4) is 0 Å². The molecule has 0 aliphatic carbocycles. The van der Waals surface area contributed by atoms with Crippen molar-refractivity contribution in [1.82, 2.24) is 5.32 Å². The third-order valence-corrected chi connectivity index (χ3v) is 5.77. The highest BCUT2D eigenvalue weighted by molar-refractivity contribution is 6.65. The van der Waals surface area contributed by atoms with Gasteiger partial charge in [0.15, 0.2) is 0 Å². The van der Waals surface area contributed by atoms with Gasteiger partial charge in [-0.3, -0.25) is 0 Å². The normalized spacial score (nSPS) is 14.1. The highest BCUT2D eigenvalue weighted by Crippen LogP contribution is 2.15. The number of hydrogen-bond donors (Lipinski definition) is 3. The first-order valence-corrected chi connectivity index (χ1v) is 8.37. The van der Waals surface area contributed by atoms with Crippen LogP contribution in [0.15, 0.2) is 0 Å². The van der Waals surface area contributed by atoms with E-state index in [1.807, 2.05) is 0 Å². The van der Waals surface area contributed by atoms with Crippen LogP contribution in [-0.2, 0) is 8.85 Å². The van der Waals surface area contributed by atoms with E-state index in [-0.39, 0.29) is 6.04 Å². The Hall–Kier alpha value is 0.0169. The molecule has 0 aromatic rings. The molecule has 0 spiro atoms. The van der Waals surface area contributed by atoms with E-state index in [1.165, 1.54) is 0 Å². The van der Waals surface area contributed by atoms with Crippen molar-refractivity contribution >= 4 is 8.56 Å². The zero-order valence-corrected chi connectivity index (χ0v) is 11.8. The SMILES string of the molecule is CO[Si](C)(CCC(N)CCNCCN)OC. The van der Waals surface area contributed by atoms with E-state index < -0.39 is 8.56 Å². The number of nitrogens with two attached hydrogens (primary N) is 2. The quantitative estimate of drug-likeness (QED) is 0.375. The molecule has 1 unspecified atom stereocenters. The van der Waals surface area contributed by atoms with E-state index in [2.05, 4.69) is 11.9 Å². The Morgan fingerprint density at radius 1 is 1.19 bits per heavy atom. The standard InChI is InChI=1S/C10H27N3O2Si/c1-14-16(3,15-2)9-5-10(12)4-7-13-8-6-11/h10,13H,4-9,11-12H2,1-3H3. The molecule has 0 aliphatic rings. The summed E-state index contributed by atoms with van der Waals surface area (Å²) in [7, 11) is 1.49. The molecular weight excluding hydrogens is 222 g/mol. The Labute approximate surface area is 100 Å². The van der Waals surface area contributed by atoms with Crippen molar-refractivity contribution in [3.05, 3.63) is 0 Å². The van der Waals surface area contributed by atoms with Crippen LogP contribution in [0.25, 0.3) is 0 Å². The summed E-state index contributed by atoms with van der Waals surface area (Å²) in [6, 6.07) is 1.15. The predicted molar refractivity (Wildman–Crippen MR) is 69.6 cm³/mol. The van der Waals surface area contributed by atoms with Gasteiger partial charge in [0, 0.05) is 33.4 Å². The average molecular weight is 249 g/mol. The van der Waals surface area contributed by atoms with E-state index in [0.29, 0.717) is 6.54 Å². The van der Waals surface area contributed by atoms with Crippen molar-refractivity contribution in [1.29, 1.82) is 0 Å². The largest absolute Gasteiger partial charge is 0.398 e. The molecular formula is C10H27N3O2Si. The third kappa shape index (κ3) is 7.32. The summed E-state index contributed by atoms with van der Waals surface area (Å²) in [5.41, 5.74) is 11.4. The first kappa shape index (κ1) is 16.0. The van der Waals surface area contributed by atoms with Gasteiger partial charge in [0.2, 0.25) is 0 Å². The van der Waals surface area contributed by atoms with E-state index in [9.17, 15) is 0 Å². The van der Waals surface area contributed by atoms with Gasteiger partial charge in [0.1, 0.15) is 0 Å². The summed E-state index contributed by atoms with van der Waals surface area (Å²) in [5, 5.41) is 3.23. The van der Waals surface area contributed by atoms with Crippen molar-refractivity contribution in [3.8, 4) is 0 Å². The molecule has 5 nitrogen and oxygen atoms in total. The smallest absolute Gasteiger partial charge is 0.334 e. The molecule has 6 heteroatoms. The molecule has 0 radical (unpaired) electrons.